The zero-order chi connectivity index (χ0) is 16.2. The highest BCUT2D eigenvalue weighted by molar-refractivity contribution is 6.55. The first kappa shape index (κ1) is 18.4. The summed E-state index contributed by atoms with van der Waals surface area (Å²) in [5, 5.41) is 0. The summed E-state index contributed by atoms with van der Waals surface area (Å²) in [6, 6.07) is 0. The molecule has 1 saturated carbocycles. The third kappa shape index (κ3) is 4.68. The van der Waals surface area contributed by atoms with Gasteiger partial charge in [0.2, 0.25) is 0 Å². The summed E-state index contributed by atoms with van der Waals surface area (Å²) < 4.78 is 5.59. The van der Waals surface area contributed by atoms with Gasteiger partial charge >= 0.3 is 5.97 Å². The molecule has 3 atom stereocenters. The topological polar surface area (TPSA) is 26.3 Å². The Morgan fingerprint density at radius 2 is 2.10 bits per heavy atom. The highest BCUT2D eigenvalue weighted by atomic mass is 35.5. The molecule has 116 valence electrons. The molecule has 0 saturated heterocycles. The van der Waals surface area contributed by atoms with Gasteiger partial charge in [0.25, 0.3) is 0 Å². The Hall–Kier alpha value is -0.620. The van der Waals surface area contributed by atoms with Crippen molar-refractivity contribution in [3.8, 4) is 12.3 Å². The van der Waals surface area contributed by atoms with E-state index in [0.29, 0.717) is 12.3 Å². The number of hydrogen-bond donors (Lipinski definition) is 0. The van der Waals surface area contributed by atoms with Crippen LogP contribution in [0.5, 0.6) is 0 Å². The van der Waals surface area contributed by atoms with Crippen molar-refractivity contribution in [3.63, 3.8) is 0 Å². The highest BCUT2D eigenvalue weighted by Crippen LogP contribution is 2.60. The van der Waals surface area contributed by atoms with Crippen LogP contribution in [0.1, 0.15) is 27.2 Å². The minimum atomic E-state index is -0.659. The van der Waals surface area contributed by atoms with E-state index in [0.717, 1.165) is 5.57 Å². The maximum atomic E-state index is 12.3. The molecule has 0 aromatic rings. The molecule has 1 aliphatic rings. The van der Waals surface area contributed by atoms with Gasteiger partial charge in [0.1, 0.15) is 4.49 Å². The summed E-state index contributed by atoms with van der Waals surface area (Å²) in [4.78, 5) is 12.3. The average Bonchev–Trinajstić information content (AvgIpc) is 2.93. The lowest BCUT2D eigenvalue weighted by molar-refractivity contribution is -0.147. The molecular formula is C16H19Cl3O2. The van der Waals surface area contributed by atoms with Crippen LogP contribution in [0.15, 0.2) is 22.2 Å². The summed E-state index contributed by atoms with van der Waals surface area (Å²) in [7, 11) is 0. The van der Waals surface area contributed by atoms with Crippen molar-refractivity contribution in [2.75, 3.05) is 5.88 Å². The van der Waals surface area contributed by atoms with Gasteiger partial charge in [0.15, 0.2) is 6.10 Å². The van der Waals surface area contributed by atoms with Crippen LogP contribution in [-0.2, 0) is 9.53 Å². The largest absolute Gasteiger partial charge is 0.444 e. The molecule has 2 nitrogen and oxygen atoms in total. The van der Waals surface area contributed by atoms with Gasteiger partial charge in [-0.2, -0.15) is 0 Å². The summed E-state index contributed by atoms with van der Waals surface area (Å²) >= 11 is 17.0. The van der Waals surface area contributed by atoms with E-state index in [9.17, 15) is 4.79 Å². The fourth-order valence-corrected chi connectivity index (χ4v) is 2.79. The average molecular weight is 350 g/mol. The molecule has 1 fully saturated rings. The molecule has 0 aromatic heterocycles. The van der Waals surface area contributed by atoms with E-state index >= 15 is 0 Å². The van der Waals surface area contributed by atoms with Gasteiger partial charge in [-0.05, 0) is 36.3 Å². The smallest absolute Gasteiger partial charge is 0.311 e. The van der Waals surface area contributed by atoms with E-state index in [-0.39, 0.29) is 27.7 Å². The number of allylic oxidation sites excluding steroid dienone is 2. The third-order valence-electron chi connectivity index (χ3n) is 3.84. The molecule has 0 spiro atoms. The number of alkyl halides is 1. The van der Waals surface area contributed by atoms with Gasteiger partial charge in [-0.25, -0.2) is 0 Å². The van der Waals surface area contributed by atoms with Gasteiger partial charge in [0.05, 0.1) is 5.92 Å². The highest BCUT2D eigenvalue weighted by Gasteiger charge is 2.61. The molecule has 0 aromatic carbocycles. The van der Waals surface area contributed by atoms with Crippen molar-refractivity contribution in [1.29, 1.82) is 0 Å². The van der Waals surface area contributed by atoms with E-state index in [4.69, 9.17) is 46.0 Å². The van der Waals surface area contributed by atoms with Crippen LogP contribution in [0.3, 0.4) is 0 Å². The van der Waals surface area contributed by atoms with Crippen molar-refractivity contribution in [1.82, 2.24) is 0 Å². The minimum absolute atomic E-state index is 0.0273. The first-order chi connectivity index (χ1) is 9.75. The summed E-state index contributed by atoms with van der Waals surface area (Å²) in [5.74, 6) is 2.36. The van der Waals surface area contributed by atoms with E-state index in [1.807, 2.05) is 26.8 Å². The maximum Gasteiger partial charge on any atom is 0.311 e. The first-order valence-corrected chi connectivity index (χ1v) is 7.96. The molecule has 0 N–H and O–H groups in total. The van der Waals surface area contributed by atoms with Crippen LogP contribution in [0, 0.1) is 29.6 Å². The van der Waals surface area contributed by atoms with Crippen LogP contribution in [0.4, 0.5) is 0 Å². The van der Waals surface area contributed by atoms with E-state index in [1.54, 1.807) is 6.08 Å². The number of halogens is 3. The van der Waals surface area contributed by atoms with Gasteiger partial charge in [-0.15, -0.1) is 18.0 Å². The molecule has 0 heterocycles. The van der Waals surface area contributed by atoms with E-state index < -0.39 is 6.10 Å². The fourth-order valence-electron chi connectivity index (χ4n) is 2.41. The van der Waals surface area contributed by atoms with Crippen LogP contribution < -0.4 is 0 Å². The van der Waals surface area contributed by atoms with Crippen LogP contribution in [0.25, 0.3) is 0 Å². The summed E-state index contributed by atoms with van der Waals surface area (Å²) in [5.41, 5.74) is 0.589. The maximum absolute atomic E-state index is 12.3. The predicted molar refractivity (Wildman–Crippen MR) is 88.4 cm³/mol. The number of ether oxygens (including phenoxy) is 1. The van der Waals surface area contributed by atoms with Gasteiger partial charge in [0, 0.05) is 5.88 Å². The second kappa shape index (κ2) is 7.58. The molecule has 21 heavy (non-hydrogen) atoms. The van der Waals surface area contributed by atoms with Crippen molar-refractivity contribution in [3.05, 3.63) is 22.2 Å². The Labute approximate surface area is 141 Å². The van der Waals surface area contributed by atoms with Crippen molar-refractivity contribution < 1.29 is 9.53 Å². The van der Waals surface area contributed by atoms with Crippen LogP contribution in [0.2, 0.25) is 0 Å². The molecule has 1 aliphatic carbocycles. The molecule has 5 heteroatoms. The summed E-state index contributed by atoms with van der Waals surface area (Å²) in [6.45, 7) is 5.77. The Morgan fingerprint density at radius 1 is 1.48 bits per heavy atom. The zero-order valence-corrected chi connectivity index (χ0v) is 14.6. The number of carbonyl (C=O) groups is 1. The fraction of sp³-hybridized carbons (Fsp3) is 0.562. The normalized spacial score (nSPS) is 24.7. The Kier molecular flexibility index (Phi) is 6.66. The molecule has 0 aliphatic heterocycles. The van der Waals surface area contributed by atoms with Crippen molar-refractivity contribution in [2.24, 2.45) is 17.3 Å². The third-order valence-corrected chi connectivity index (χ3v) is 4.31. The van der Waals surface area contributed by atoms with E-state index in [1.165, 1.54) is 0 Å². The molecule has 0 bridgehead atoms. The Morgan fingerprint density at radius 3 is 2.57 bits per heavy atom. The first-order valence-electron chi connectivity index (χ1n) is 6.67. The van der Waals surface area contributed by atoms with Crippen molar-refractivity contribution in [2.45, 2.75) is 33.3 Å². The quantitative estimate of drug-likeness (QED) is 0.301. The summed E-state index contributed by atoms with van der Waals surface area (Å²) in [6.07, 6.45) is 9.03. The number of esters is 1. The SMILES string of the molecule is C#CC(OC(=O)C1C(C=C(Cl)Cl)C1(C)C)C(C)=CCCCl. The molecular weight excluding hydrogens is 331 g/mol. The number of terminal acetylenes is 1. The Balaban J connectivity index is 2.73. The Bertz CT molecular complexity index is 496. The number of carbonyl (C=O) groups excluding carboxylic acids is 1. The van der Waals surface area contributed by atoms with E-state index in [2.05, 4.69) is 5.92 Å². The predicted octanol–water partition coefficient (Wildman–Crippen LogP) is 4.70. The lowest BCUT2D eigenvalue weighted by Crippen LogP contribution is -2.20. The minimum Gasteiger partial charge on any atom is -0.444 e. The van der Waals surface area contributed by atoms with Crippen molar-refractivity contribution >= 4 is 40.8 Å². The molecule has 1 rings (SSSR count). The molecule has 0 radical (unpaired) electrons. The van der Waals surface area contributed by atoms with Gasteiger partial charge < -0.3 is 4.74 Å². The molecule has 0 amide bonds. The van der Waals surface area contributed by atoms with Gasteiger partial charge in [-0.3, -0.25) is 4.79 Å². The number of hydrogen-bond acceptors (Lipinski definition) is 2. The van der Waals surface area contributed by atoms with Gasteiger partial charge in [-0.1, -0.05) is 49.0 Å². The van der Waals surface area contributed by atoms with Crippen LogP contribution in [-0.4, -0.2) is 18.0 Å². The second-order valence-corrected chi connectivity index (χ2v) is 7.08. The van der Waals surface area contributed by atoms with Crippen LogP contribution >= 0.6 is 34.8 Å². The lowest BCUT2D eigenvalue weighted by Gasteiger charge is -2.13. The monoisotopic (exact) mass is 348 g/mol. The molecule has 3 unspecified atom stereocenters. The zero-order valence-electron chi connectivity index (χ0n) is 12.3. The number of rotatable bonds is 6. The lowest BCUT2D eigenvalue weighted by atomic mass is 10.1. The second-order valence-electron chi connectivity index (χ2n) is 5.69. The standard InChI is InChI=1S/C16H19Cl3O2/c1-5-12(10(2)7-6-8-17)21-15(20)14-11(9-13(18)19)16(14,3)4/h1,7,9,11-12,14H,6,8H2,2-4H3.